The van der Waals surface area contributed by atoms with Gasteiger partial charge in [0.2, 0.25) is 15.9 Å². The van der Waals surface area contributed by atoms with Gasteiger partial charge in [-0.1, -0.05) is 34.1 Å². The second-order valence-corrected chi connectivity index (χ2v) is 9.08. The van der Waals surface area contributed by atoms with Crippen LogP contribution in [0.5, 0.6) is 0 Å². The number of hydrogen-bond donors (Lipinski definition) is 1. The number of unbranched alkanes of at least 4 members (excludes halogenated alkanes) is 1. The van der Waals surface area contributed by atoms with E-state index in [1.165, 1.54) is 0 Å². The van der Waals surface area contributed by atoms with Crippen LogP contribution in [0.25, 0.3) is 0 Å². The molecule has 124 valence electrons. The van der Waals surface area contributed by atoms with Crippen molar-refractivity contribution >= 4 is 15.9 Å². The molecule has 0 aliphatic carbocycles. The van der Waals surface area contributed by atoms with Crippen LogP contribution in [0.2, 0.25) is 0 Å². The molecule has 6 heteroatoms. The van der Waals surface area contributed by atoms with Gasteiger partial charge in [0.05, 0.1) is 5.75 Å². The number of rotatable bonds is 6. The normalized spacial score (nSPS) is 21.2. The fourth-order valence-electron chi connectivity index (χ4n) is 2.40. The van der Waals surface area contributed by atoms with Gasteiger partial charge >= 0.3 is 0 Å². The van der Waals surface area contributed by atoms with Gasteiger partial charge in [0.25, 0.3) is 0 Å². The lowest BCUT2D eigenvalue weighted by molar-refractivity contribution is -0.128. The van der Waals surface area contributed by atoms with Gasteiger partial charge in [-0.05, 0) is 25.2 Å². The first-order chi connectivity index (χ1) is 9.66. The van der Waals surface area contributed by atoms with Gasteiger partial charge < -0.3 is 5.32 Å². The summed E-state index contributed by atoms with van der Waals surface area (Å²) in [5.41, 5.74) is -0.401. The average Bonchev–Trinajstić information content (AvgIpc) is 2.42. The summed E-state index contributed by atoms with van der Waals surface area (Å²) >= 11 is 0. The number of carbonyl (C=O) groups is 1. The standard InChI is InChI=1S/C15H30N2O3S/c1-5-6-10-21(19,20)17-9-7-8-13(12-17)11-16-14(18)15(2,3)4/h13H,5-12H2,1-4H3,(H,16,18). The number of sulfonamides is 1. The first-order valence-corrected chi connectivity index (χ1v) is 9.54. The highest BCUT2D eigenvalue weighted by Crippen LogP contribution is 2.20. The Kier molecular flexibility index (Phi) is 6.66. The molecule has 0 bridgehead atoms. The molecule has 0 radical (unpaired) electrons. The molecule has 0 aromatic rings. The van der Waals surface area contributed by atoms with Crippen molar-refractivity contribution in [3.63, 3.8) is 0 Å². The molecule has 1 atom stereocenters. The van der Waals surface area contributed by atoms with Crippen LogP contribution in [0.3, 0.4) is 0 Å². The summed E-state index contributed by atoms with van der Waals surface area (Å²) in [7, 11) is -3.12. The molecule has 1 heterocycles. The van der Waals surface area contributed by atoms with E-state index in [0.717, 1.165) is 19.3 Å². The number of amides is 1. The predicted octanol–water partition coefficient (Wildman–Crippen LogP) is 1.99. The van der Waals surface area contributed by atoms with E-state index in [9.17, 15) is 13.2 Å². The first kappa shape index (κ1) is 18.4. The molecular weight excluding hydrogens is 288 g/mol. The van der Waals surface area contributed by atoms with E-state index in [1.54, 1.807) is 4.31 Å². The highest BCUT2D eigenvalue weighted by Gasteiger charge is 2.29. The Morgan fingerprint density at radius 2 is 2.00 bits per heavy atom. The number of nitrogens with one attached hydrogen (secondary N) is 1. The van der Waals surface area contributed by atoms with Gasteiger partial charge in [-0.3, -0.25) is 4.79 Å². The molecular formula is C15H30N2O3S. The third-order valence-corrected chi connectivity index (χ3v) is 5.79. The molecule has 1 saturated heterocycles. The van der Waals surface area contributed by atoms with Crippen LogP contribution >= 0.6 is 0 Å². The van der Waals surface area contributed by atoms with Gasteiger partial charge in [-0.15, -0.1) is 0 Å². The van der Waals surface area contributed by atoms with Gasteiger partial charge in [-0.2, -0.15) is 0 Å². The molecule has 0 saturated carbocycles. The van der Waals surface area contributed by atoms with Crippen LogP contribution in [0.4, 0.5) is 0 Å². The highest BCUT2D eigenvalue weighted by atomic mass is 32.2. The second kappa shape index (κ2) is 7.58. The zero-order chi connectivity index (χ0) is 16.1. The largest absolute Gasteiger partial charge is 0.355 e. The first-order valence-electron chi connectivity index (χ1n) is 7.93. The zero-order valence-corrected chi connectivity index (χ0v) is 14.6. The Labute approximate surface area is 129 Å². The summed E-state index contributed by atoms with van der Waals surface area (Å²) in [5, 5.41) is 2.95. The molecule has 5 nitrogen and oxygen atoms in total. The van der Waals surface area contributed by atoms with Crippen molar-refractivity contribution < 1.29 is 13.2 Å². The third-order valence-electron chi connectivity index (χ3n) is 3.86. The Hall–Kier alpha value is -0.620. The lowest BCUT2D eigenvalue weighted by Gasteiger charge is -2.32. The minimum absolute atomic E-state index is 0.0217. The summed E-state index contributed by atoms with van der Waals surface area (Å²) in [6.07, 6.45) is 3.45. The number of carbonyl (C=O) groups excluding carboxylic acids is 1. The maximum atomic E-state index is 12.2. The molecule has 1 fully saturated rings. The minimum atomic E-state index is -3.12. The van der Waals surface area contributed by atoms with E-state index in [4.69, 9.17) is 0 Å². The lowest BCUT2D eigenvalue weighted by Crippen LogP contribution is -2.45. The molecule has 0 aromatic heterocycles. The van der Waals surface area contributed by atoms with E-state index in [0.29, 0.717) is 26.1 Å². The number of piperidine rings is 1. The fourth-order valence-corrected chi connectivity index (χ4v) is 4.16. The van der Waals surface area contributed by atoms with Gasteiger partial charge in [0, 0.05) is 25.0 Å². The summed E-state index contributed by atoms with van der Waals surface area (Å²) in [6.45, 7) is 9.36. The van der Waals surface area contributed by atoms with Crippen molar-refractivity contribution in [2.75, 3.05) is 25.4 Å². The summed E-state index contributed by atoms with van der Waals surface area (Å²) in [6, 6.07) is 0. The summed E-state index contributed by atoms with van der Waals surface area (Å²) in [4.78, 5) is 11.9. The summed E-state index contributed by atoms with van der Waals surface area (Å²) in [5.74, 6) is 0.486. The van der Waals surface area contributed by atoms with E-state index < -0.39 is 15.4 Å². The fraction of sp³-hybridized carbons (Fsp3) is 0.933. The van der Waals surface area contributed by atoms with E-state index in [-0.39, 0.29) is 17.6 Å². The SMILES string of the molecule is CCCCS(=O)(=O)N1CCCC(CNC(=O)C(C)(C)C)C1. The highest BCUT2D eigenvalue weighted by molar-refractivity contribution is 7.89. The van der Waals surface area contributed by atoms with Crippen molar-refractivity contribution in [3.05, 3.63) is 0 Å². The summed E-state index contributed by atoms with van der Waals surface area (Å²) < 4.78 is 26.1. The maximum Gasteiger partial charge on any atom is 0.225 e. The Balaban J connectivity index is 2.51. The van der Waals surface area contributed by atoms with Crippen LogP contribution in [0.1, 0.15) is 53.4 Å². The second-order valence-electron chi connectivity index (χ2n) is 7.00. The Morgan fingerprint density at radius 1 is 1.33 bits per heavy atom. The quantitative estimate of drug-likeness (QED) is 0.814. The Morgan fingerprint density at radius 3 is 2.57 bits per heavy atom. The van der Waals surface area contributed by atoms with Gasteiger partial charge in [0.15, 0.2) is 0 Å². The topological polar surface area (TPSA) is 66.5 Å². The van der Waals surface area contributed by atoms with Crippen molar-refractivity contribution in [1.82, 2.24) is 9.62 Å². The van der Waals surface area contributed by atoms with E-state index in [1.807, 2.05) is 27.7 Å². The van der Waals surface area contributed by atoms with Gasteiger partial charge in [-0.25, -0.2) is 12.7 Å². The van der Waals surface area contributed by atoms with Crippen LogP contribution in [0, 0.1) is 11.3 Å². The molecule has 0 spiro atoms. The number of nitrogens with zero attached hydrogens (tertiary/aromatic N) is 1. The maximum absolute atomic E-state index is 12.2. The molecule has 1 aliphatic rings. The van der Waals surface area contributed by atoms with Crippen molar-refractivity contribution in [3.8, 4) is 0 Å². The lowest BCUT2D eigenvalue weighted by atomic mass is 9.94. The third kappa shape index (κ3) is 5.94. The van der Waals surface area contributed by atoms with Crippen LogP contribution in [0.15, 0.2) is 0 Å². The van der Waals surface area contributed by atoms with Crippen molar-refractivity contribution in [2.45, 2.75) is 53.4 Å². The van der Waals surface area contributed by atoms with Gasteiger partial charge in [0.1, 0.15) is 0 Å². The zero-order valence-electron chi connectivity index (χ0n) is 13.8. The average molecular weight is 318 g/mol. The van der Waals surface area contributed by atoms with Crippen LogP contribution in [-0.4, -0.2) is 44.0 Å². The molecule has 1 unspecified atom stereocenters. The molecule has 1 amide bonds. The Bertz CT molecular complexity index is 440. The van der Waals surface area contributed by atoms with Crippen LogP contribution in [-0.2, 0) is 14.8 Å². The number of hydrogen-bond acceptors (Lipinski definition) is 3. The molecule has 0 aromatic carbocycles. The minimum Gasteiger partial charge on any atom is -0.355 e. The molecule has 1 aliphatic heterocycles. The molecule has 1 N–H and O–H groups in total. The predicted molar refractivity (Wildman–Crippen MR) is 85.5 cm³/mol. The monoisotopic (exact) mass is 318 g/mol. The smallest absolute Gasteiger partial charge is 0.225 e. The van der Waals surface area contributed by atoms with E-state index >= 15 is 0 Å². The van der Waals surface area contributed by atoms with Crippen molar-refractivity contribution in [2.24, 2.45) is 11.3 Å². The van der Waals surface area contributed by atoms with E-state index in [2.05, 4.69) is 5.32 Å². The van der Waals surface area contributed by atoms with Crippen molar-refractivity contribution in [1.29, 1.82) is 0 Å². The molecule has 21 heavy (non-hydrogen) atoms. The molecule has 1 rings (SSSR count). The van der Waals surface area contributed by atoms with Crippen LogP contribution < -0.4 is 5.32 Å².